The normalized spacial score (nSPS) is 20.3. The maximum atomic E-state index is 12.6. The van der Waals surface area contributed by atoms with Crippen molar-refractivity contribution in [1.82, 2.24) is 4.90 Å². The molecule has 0 radical (unpaired) electrons. The van der Waals surface area contributed by atoms with E-state index in [-0.39, 0.29) is 11.9 Å². The van der Waals surface area contributed by atoms with Crippen LogP contribution in [0.25, 0.3) is 11.1 Å². The van der Waals surface area contributed by atoms with Crippen molar-refractivity contribution in [2.75, 3.05) is 6.54 Å². The Morgan fingerprint density at radius 2 is 1.64 bits per heavy atom. The first-order chi connectivity index (χ1) is 12.0. The van der Waals surface area contributed by atoms with Crippen molar-refractivity contribution in [2.45, 2.75) is 32.2 Å². The molecule has 25 heavy (non-hydrogen) atoms. The number of carbonyl (C=O) groups is 2. The van der Waals surface area contributed by atoms with Crippen LogP contribution in [0.5, 0.6) is 0 Å². The van der Waals surface area contributed by atoms with Crippen LogP contribution in [-0.4, -0.2) is 34.5 Å². The highest BCUT2D eigenvalue weighted by molar-refractivity contribution is 5.80. The third-order valence-electron chi connectivity index (χ3n) is 4.97. The minimum atomic E-state index is -0.808. The smallest absolute Gasteiger partial charge is 0.308 e. The summed E-state index contributed by atoms with van der Waals surface area (Å²) in [5, 5.41) is 9.21. The van der Waals surface area contributed by atoms with E-state index in [0.29, 0.717) is 19.4 Å². The molecule has 1 fully saturated rings. The van der Waals surface area contributed by atoms with Crippen LogP contribution in [0, 0.1) is 5.92 Å². The van der Waals surface area contributed by atoms with Crippen LogP contribution >= 0.6 is 0 Å². The summed E-state index contributed by atoms with van der Waals surface area (Å²) in [6, 6.07) is 18.2. The largest absolute Gasteiger partial charge is 0.481 e. The van der Waals surface area contributed by atoms with Gasteiger partial charge in [0.25, 0.3) is 0 Å². The van der Waals surface area contributed by atoms with Crippen molar-refractivity contribution in [2.24, 2.45) is 5.92 Å². The number of amides is 1. The van der Waals surface area contributed by atoms with Crippen LogP contribution in [0.1, 0.15) is 25.3 Å². The monoisotopic (exact) mass is 337 g/mol. The van der Waals surface area contributed by atoms with E-state index in [2.05, 4.69) is 12.1 Å². The number of nitrogens with zero attached hydrogens (tertiary/aromatic N) is 1. The van der Waals surface area contributed by atoms with Crippen LogP contribution in [0.15, 0.2) is 54.6 Å². The van der Waals surface area contributed by atoms with E-state index in [0.717, 1.165) is 23.1 Å². The van der Waals surface area contributed by atoms with Crippen LogP contribution in [0.4, 0.5) is 0 Å². The molecule has 0 aliphatic carbocycles. The second kappa shape index (κ2) is 7.51. The van der Waals surface area contributed by atoms with Crippen molar-refractivity contribution < 1.29 is 14.7 Å². The van der Waals surface area contributed by atoms with Gasteiger partial charge in [-0.15, -0.1) is 0 Å². The van der Waals surface area contributed by atoms with E-state index in [9.17, 15) is 14.7 Å². The molecule has 2 atom stereocenters. The molecule has 1 amide bonds. The van der Waals surface area contributed by atoms with Gasteiger partial charge < -0.3 is 10.0 Å². The zero-order chi connectivity index (χ0) is 17.8. The van der Waals surface area contributed by atoms with Gasteiger partial charge in [-0.25, -0.2) is 0 Å². The number of carbonyl (C=O) groups excluding carboxylic acids is 1. The summed E-state index contributed by atoms with van der Waals surface area (Å²) in [4.78, 5) is 25.6. The first-order valence-corrected chi connectivity index (χ1v) is 8.71. The number of hydrogen-bond acceptors (Lipinski definition) is 2. The standard InChI is InChI=1S/C21H23NO3/c1-15-7-10-19(21(24)25)14-22(15)20(23)13-16-8-11-18(12-9-16)17-5-3-2-4-6-17/h2-6,8-9,11-12,15,19H,7,10,13-14H2,1H3,(H,24,25)/t15-,19+/m0/s1. The molecular formula is C21H23NO3. The van der Waals surface area contributed by atoms with Crippen LogP contribution < -0.4 is 0 Å². The Kier molecular flexibility index (Phi) is 5.17. The highest BCUT2D eigenvalue weighted by Crippen LogP contribution is 2.24. The van der Waals surface area contributed by atoms with Gasteiger partial charge in [-0.2, -0.15) is 0 Å². The Bertz CT molecular complexity index is 739. The fourth-order valence-electron chi connectivity index (χ4n) is 3.38. The number of aliphatic carboxylic acids is 1. The second-order valence-electron chi connectivity index (χ2n) is 6.75. The quantitative estimate of drug-likeness (QED) is 0.927. The highest BCUT2D eigenvalue weighted by Gasteiger charge is 2.32. The molecule has 4 heteroatoms. The van der Waals surface area contributed by atoms with Gasteiger partial charge in [0.05, 0.1) is 12.3 Å². The number of hydrogen-bond donors (Lipinski definition) is 1. The Hall–Kier alpha value is -2.62. The molecule has 0 bridgehead atoms. The lowest BCUT2D eigenvalue weighted by atomic mass is 9.93. The SMILES string of the molecule is C[C@H]1CC[C@@H](C(=O)O)CN1C(=O)Cc1ccc(-c2ccccc2)cc1. The van der Waals surface area contributed by atoms with Crippen LogP contribution in [0.2, 0.25) is 0 Å². The first kappa shape index (κ1) is 17.2. The van der Waals surface area contributed by atoms with Gasteiger partial charge in [-0.3, -0.25) is 9.59 Å². The molecule has 1 N–H and O–H groups in total. The van der Waals surface area contributed by atoms with E-state index in [4.69, 9.17) is 0 Å². The fraction of sp³-hybridized carbons (Fsp3) is 0.333. The molecular weight excluding hydrogens is 314 g/mol. The Balaban J connectivity index is 1.67. The van der Waals surface area contributed by atoms with Crippen molar-refractivity contribution in [3.8, 4) is 11.1 Å². The number of piperidine rings is 1. The summed E-state index contributed by atoms with van der Waals surface area (Å²) in [6.07, 6.45) is 1.70. The molecule has 1 saturated heterocycles. The number of likely N-dealkylation sites (tertiary alicyclic amines) is 1. The molecule has 3 rings (SSSR count). The van der Waals surface area contributed by atoms with Gasteiger partial charge in [0, 0.05) is 12.6 Å². The number of carboxylic acids is 1. The Morgan fingerprint density at radius 3 is 2.28 bits per heavy atom. The maximum absolute atomic E-state index is 12.6. The lowest BCUT2D eigenvalue weighted by Gasteiger charge is -2.36. The summed E-state index contributed by atoms with van der Waals surface area (Å²) in [5.74, 6) is -1.25. The Labute approximate surface area is 148 Å². The average molecular weight is 337 g/mol. The van der Waals surface area contributed by atoms with Crippen LogP contribution in [0.3, 0.4) is 0 Å². The van der Waals surface area contributed by atoms with Crippen molar-refractivity contribution >= 4 is 11.9 Å². The first-order valence-electron chi connectivity index (χ1n) is 8.71. The molecule has 0 unspecified atom stereocenters. The Morgan fingerprint density at radius 1 is 1.00 bits per heavy atom. The molecule has 0 spiro atoms. The highest BCUT2D eigenvalue weighted by atomic mass is 16.4. The van der Waals surface area contributed by atoms with Gasteiger partial charge in [-0.05, 0) is 36.5 Å². The average Bonchev–Trinajstić information content (AvgIpc) is 2.63. The molecule has 1 aliphatic heterocycles. The van der Waals surface area contributed by atoms with E-state index in [1.165, 1.54) is 0 Å². The number of carboxylic acid groups (broad SMARTS) is 1. The minimum Gasteiger partial charge on any atom is -0.481 e. The molecule has 2 aromatic carbocycles. The minimum absolute atomic E-state index is 0.00547. The summed E-state index contributed by atoms with van der Waals surface area (Å²) in [7, 11) is 0. The van der Waals surface area contributed by atoms with E-state index in [1.54, 1.807) is 4.90 Å². The zero-order valence-electron chi connectivity index (χ0n) is 14.4. The predicted molar refractivity (Wildman–Crippen MR) is 97.1 cm³/mol. The van der Waals surface area contributed by atoms with Crippen molar-refractivity contribution in [3.63, 3.8) is 0 Å². The van der Waals surface area contributed by atoms with Gasteiger partial charge in [0.15, 0.2) is 0 Å². The fourth-order valence-corrected chi connectivity index (χ4v) is 3.38. The van der Waals surface area contributed by atoms with Crippen LogP contribution in [-0.2, 0) is 16.0 Å². The molecule has 0 saturated carbocycles. The summed E-state index contributed by atoms with van der Waals surface area (Å²) in [6.45, 7) is 2.31. The van der Waals surface area contributed by atoms with E-state index in [1.807, 2.05) is 49.4 Å². The summed E-state index contributed by atoms with van der Waals surface area (Å²) >= 11 is 0. The number of rotatable bonds is 4. The molecule has 0 aromatic heterocycles. The third-order valence-corrected chi connectivity index (χ3v) is 4.97. The lowest BCUT2D eigenvalue weighted by molar-refractivity contribution is -0.146. The molecule has 1 aliphatic rings. The maximum Gasteiger partial charge on any atom is 0.308 e. The molecule has 4 nitrogen and oxygen atoms in total. The van der Waals surface area contributed by atoms with Crippen molar-refractivity contribution in [1.29, 1.82) is 0 Å². The topological polar surface area (TPSA) is 57.6 Å². The molecule has 2 aromatic rings. The van der Waals surface area contributed by atoms with Gasteiger partial charge >= 0.3 is 5.97 Å². The number of benzene rings is 2. The van der Waals surface area contributed by atoms with E-state index >= 15 is 0 Å². The molecule has 130 valence electrons. The summed E-state index contributed by atoms with van der Waals surface area (Å²) in [5.41, 5.74) is 3.22. The lowest BCUT2D eigenvalue weighted by Crippen LogP contribution is -2.47. The van der Waals surface area contributed by atoms with Gasteiger partial charge in [0.1, 0.15) is 0 Å². The van der Waals surface area contributed by atoms with Gasteiger partial charge in [0.2, 0.25) is 5.91 Å². The second-order valence-corrected chi connectivity index (χ2v) is 6.75. The van der Waals surface area contributed by atoms with Gasteiger partial charge in [-0.1, -0.05) is 54.6 Å². The third kappa shape index (κ3) is 4.08. The summed E-state index contributed by atoms with van der Waals surface area (Å²) < 4.78 is 0. The van der Waals surface area contributed by atoms with E-state index < -0.39 is 11.9 Å². The van der Waals surface area contributed by atoms with Crippen molar-refractivity contribution in [3.05, 3.63) is 60.2 Å². The zero-order valence-corrected chi connectivity index (χ0v) is 14.4. The predicted octanol–water partition coefficient (Wildman–Crippen LogP) is 3.61. The molecule has 1 heterocycles.